The summed E-state index contributed by atoms with van der Waals surface area (Å²) < 4.78 is 0. The van der Waals surface area contributed by atoms with Crippen molar-refractivity contribution in [1.82, 2.24) is 10.6 Å². The fraction of sp³-hybridized carbons (Fsp3) is 0.318. The average molecular weight is 396 g/mol. The van der Waals surface area contributed by atoms with Gasteiger partial charge in [-0.05, 0) is 42.8 Å². The average Bonchev–Trinajstić information content (AvgIpc) is 2.73. The molecule has 6 heteroatoms. The molecule has 1 saturated carbocycles. The number of para-hydroxylation sites is 1. The normalized spacial score (nSPS) is 14.1. The third kappa shape index (κ3) is 5.63. The van der Waals surface area contributed by atoms with E-state index in [0.29, 0.717) is 17.8 Å². The number of thiocarbonyl (C=S) groups is 1. The largest absolute Gasteiger partial charge is 0.348 e. The first kappa shape index (κ1) is 20.0. The highest BCUT2D eigenvalue weighted by atomic mass is 32.1. The van der Waals surface area contributed by atoms with E-state index in [-0.39, 0.29) is 22.8 Å². The molecule has 2 aromatic rings. The molecular weight excluding hydrogens is 370 g/mol. The second kappa shape index (κ2) is 9.99. The molecule has 1 aliphatic carbocycles. The summed E-state index contributed by atoms with van der Waals surface area (Å²) in [4.78, 5) is 25.0. The molecule has 2 aromatic carbocycles. The zero-order chi connectivity index (χ0) is 19.8. The monoisotopic (exact) mass is 395 g/mol. The van der Waals surface area contributed by atoms with E-state index in [9.17, 15) is 9.59 Å². The highest BCUT2D eigenvalue weighted by Crippen LogP contribution is 2.23. The van der Waals surface area contributed by atoms with Gasteiger partial charge in [0, 0.05) is 12.5 Å². The Hall–Kier alpha value is -2.73. The van der Waals surface area contributed by atoms with Crippen LogP contribution in [-0.2, 0) is 11.3 Å². The molecule has 1 aliphatic rings. The molecular formula is C22H25N3O2S. The predicted molar refractivity (Wildman–Crippen MR) is 115 cm³/mol. The van der Waals surface area contributed by atoms with Crippen LogP contribution >= 0.6 is 12.2 Å². The van der Waals surface area contributed by atoms with Gasteiger partial charge in [0.15, 0.2) is 5.11 Å². The van der Waals surface area contributed by atoms with Gasteiger partial charge in [0.2, 0.25) is 5.91 Å². The third-order valence-corrected chi connectivity index (χ3v) is 5.13. The lowest BCUT2D eigenvalue weighted by Crippen LogP contribution is -2.39. The highest BCUT2D eigenvalue weighted by molar-refractivity contribution is 7.80. The van der Waals surface area contributed by atoms with Crippen LogP contribution in [0.4, 0.5) is 5.69 Å². The molecule has 1 fully saturated rings. The molecule has 146 valence electrons. The molecule has 0 aliphatic heterocycles. The molecule has 5 nitrogen and oxygen atoms in total. The van der Waals surface area contributed by atoms with Crippen LogP contribution < -0.4 is 16.0 Å². The lowest BCUT2D eigenvalue weighted by Gasteiger charge is -2.21. The predicted octanol–water partition coefficient (Wildman–Crippen LogP) is 4.01. The maximum Gasteiger partial charge on any atom is 0.253 e. The molecule has 3 rings (SSSR count). The minimum absolute atomic E-state index is 0.0258. The first-order valence-corrected chi connectivity index (χ1v) is 10.1. The van der Waals surface area contributed by atoms with Crippen molar-refractivity contribution in [3.05, 3.63) is 65.7 Å². The fourth-order valence-electron chi connectivity index (χ4n) is 3.40. The summed E-state index contributed by atoms with van der Waals surface area (Å²) in [5, 5.41) is 8.90. The van der Waals surface area contributed by atoms with Crippen molar-refractivity contribution < 1.29 is 9.59 Å². The van der Waals surface area contributed by atoms with Crippen molar-refractivity contribution in [2.75, 3.05) is 5.32 Å². The van der Waals surface area contributed by atoms with Crippen molar-refractivity contribution in [3.8, 4) is 0 Å². The summed E-state index contributed by atoms with van der Waals surface area (Å²) in [6, 6.07) is 16.8. The number of hydrogen-bond donors (Lipinski definition) is 3. The number of carbonyl (C=O) groups excluding carboxylic acids is 2. The Balaban J connectivity index is 1.58. The Morgan fingerprint density at radius 2 is 1.61 bits per heavy atom. The number of amides is 2. The van der Waals surface area contributed by atoms with Crippen LogP contribution in [0, 0.1) is 5.92 Å². The van der Waals surface area contributed by atoms with E-state index in [1.165, 1.54) is 6.42 Å². The van der Waals surface area contributed by atoms with Gasteiger partial charge in [-0.2, -0.15) is 0 Å². The molecule has 0 saturated heterocycles. The first-order chi connectivity index (χ1) is 13.6. The maximum atomic E-state index is 12.6. The third-order valence-electron chi connectivity index (χ3n) is 4.93. The molecule has 0 aromatic heterocycles. The van der Waals surface area contributed by atoms with Gasteiger partial charge in [-0.1, -0.05) is 61.7 Å². The summed E-state index contributed by atoms with van der Waals surface area (Å²) in [5.74, 6) is -0.213. The summed E-state index contributed by atoms with van der Waals surface area (Å²) in [5.41, 5.74) is 2.08. The van der Waals surface area contributed by atoms with E-state index in [4.69, 9.17) is 12.2 Å². The van der Waals surface area contributed by atoms with Crippen molar-refractivity contribution in [2.24, 2.45) is 5.92 Å². The summed E-state index contributed by atoms with van der Waals surface area (Å²) >= 11 is 5.29. The van der Waals surface area contributed by atoms with Gasteiger partial charge in [0.1, 0.15) is 0 Å². The van der Waals surface area contributed by atoms with Crippen LogP contribution in [0.15, 0.2) is 54.6 Å². The molecule has 0 heterocycles. The molecule has 0 spiro atoms. The topological polar surface area (TPSA) is 70.2 Å². The Kier molecular flexibility index (Phi) is 7.14. The van der Waals surface area contributed by atoms with Gasteiger partial charge in [-0.25, -0.2) is 0 Å². The number of benzene rings is 2. The van der Waals surface area contributed by atoms with Crippen molar-refractivity contribution in [2.45, 2.75) is 38.6 Å². The quantitative estimate of drug-likeness (QED) is 0.669. The maximum absolute atomic E-state index is 12.6. The minimum Gasteiger partial charge on any atom is -0.348 e. The Morgan fingerprint density at radius 1 is 0.929 bits per heavy atom. The van der Waals surface area contributed by atoms with Gasteiger partial charge in [0.05, 0.1) is 11.3 Å². The van der Waals surface area contributed by atoms with Crippen molar-refractivity contribution >= 4 is 34.8 Å². The number of carbonyl (C=O) groups is 2. The van der Waals surface area contributed by atoms with Crippen LogP contribution in [0.2, 0.25) is 0 Å². The SMILES string of the molecule is O=C(NCc1ccccc1)c1ccccc1NC(=S)NC(=O)C1CCCCC1. The summed E-state index contributed by atoms with van der Waals surface area (Å²) in [6.07, 6.45) is 5.18. The standard InChI is InChI=1S/C22H25N3O2S/c26-20(17-11-5-2-6-12-17)25-22(28)24-19-14-8-7-13-18(19)21(27)23-15-16-9-3-1-4-10-16/h1,3-4,7-10,13-14,17H,2,5-6,11-12,15H2,(H,23,27)(H2,24,25,26,28). The van der Waals surface area contributed by atoms with Gasteiger partial charge >= 0.3 is 0 Å². The Labute approximate surface area is 170 Å². The zero-order valence-corrected chi connectivity index (χ0v) is 16.6. The number of anilines is 1. The van der Waals surface area contributed by atoms with Gasteiger partial charge in [0.25, 0.3) is 5.91 Å². The van der Waals surface area contributed by atoms with E-state index in [0.717, 1.165) is 31.2 Å². The van der Waals surface area contributed by atoms with Gasteiger partial charge < -0.3 is 16.0 Å². The van der Waals surface area contributed by atoms with E-state index in [1.807, 2.05) is 36.4 Å². The van der Waals surface area contributed by atoms with Gasteiger partial charge in [-0.3, -0.25) is 9.59 Å². The smallest absolute Gasteiger partial charge is 0.253 e. The fourth-order valence-corrected chi connectivity index (χ4v) is 3.61. The number of rotatable bonds is 5. The second-order valence-electron chi connectivity index (χ2n) is 6.99. The van der Waals surface area contributed by atoms with Crippen LogP contribution in [0.3, 0.4) is 0 Å². The van der Waals surface area contributed by atoms with E-state index in [1.54, 1.807) is 18.2 Å². The Morgan fingerprint density at radius 3 is 2.36 bits per heavy atom. The molecule has 0 atom stereocenters. The summed E-state index contributed by atoms with van der Waals surface area (Å²) in [6.45, 7) is 0.441. The molecule has 0 bridgehead atoms. The van der Waals surface area contributed by atoms with Crippen LogP contribution in [0.25, 0.3) is 0 Å². The number of hydrogen-bond acceptors (Lipinski definition) is 3. The van der Waals surface area contributed by atoms with Gasteiger partial charge in [-0.15, -0.1) is 0 Å². The first-order valence-electron chi connectivity index (χ1n) is 9.66. The number of nitrogens with one attached hydrogen (secondary N) is 3. The highest BCUT2D eigenvalue weighted by Gasteiger charge is 2.22. The molecule has 3 N–H and O–H groups in total. The van der Waals surface area contributed by atoms with Crippen molar-refractivity contribution in [1.29, 1.82) is 0 Å². The van der Waals surface area contributed by atoms with Crippen molar-refractivity contribution in [3.63, 3.8) is 0 Å². The van der Waals surface area contributed by atoms with E-state index >= 15 is 0 Å². The molecule has 0 unspecified atom stereocenters. The van der Waals surface area contributed by atoms with Crippen LogP contribution in [0.5, 0.6) is 0 Å². The Bertz CT molecular complexity index is 833. The summed E-state index contributed by atoms with van der Waals surface area (Å²) in [7, 11) is 0. The minimum atomic E-state index is -0.201. The molecule has 28 heavy (non-hydrogen) atoms. The zero-order valence-electron chi connectivity index (χ0n) is 15.7. The van der Waals surface area contributed by atoms with E-state index < -0.39 is 0 Å². The second-order valence-corrected chi connectivity index (χ2v) is 7.40. The molecule has 2 amide bonds. The molecule has 0 radical (unpaired) electrons. The lowest BCUT2D eigenvalue weighted by molar-refractivity contribution is -0.124. The lowest BCUT2D eigenvalue weighted by atomic mass is 9.89. The van der Waals surface area contributed by atoms with E-state index in [2.05, 4.69) is 16.0 Å². The van der Waals surface area contributed by atoms with Crippen LogP contribution in [-0.4, -0.2) is 16.9 Å². The van der Waals surface area contributed by atoms with Crippen LogP contribution in [0.1, 0.15) is 48.0 Å².